The topological polar surface area (TPSA) is 64.1 Å². The predicted molar refractivity (Wildman–Crippen MR) is 81.6 cm³/mol. The molecule has 1 aromatic carbocycles. The lowest BCUT2D eigenvalue weighted by Crippen LogP contribution is -2.14. The van der Waals surface area contributed by atoms with Crippen LogP contribution < -0.4 is 10.1 Å². The van der Waals surface area contributed by atoms with Crippen LogP contribution in [-0.4, -0.2) is 28.5 Å². The van der Waals surface area contributed by atoms with E-state index >= 15 is 0 Å². The van der Waals surface area contributed by atoms with Crippen LogP contribution in [-0.2, 0) is 4.79 Å². The molecule has 1 heterocycles. The van der Waals surface area contributed by atoms with Gasteiger partial charge in [0.15, 0.2) is 4.34 Å². The van der Waals surface area contributed by atoms with E-state index in [-0.39, 0.29) is 5.91 Å². The molecule has 0 aliphatic heterocycles. The van der Waals surface area contributed by atoms with E-state index in [0.717, 1.165) is 9.35 Å². The molecule has 1 aromatic heterocycles. The van der Waals surface area contributed by atoms with Crippen LogP contribution in [0.4, 0.5) is 5.69 Å². The zero-order valence-corrected chi connectivity index (χ0v) is 12.9. The van der Waals surface area contributed by atoms with Crippen molar-refractivity contribution >= 4 is 34.7 Å². The maximum Gasteiger partial charge on any atom is 0.234 e. The first kappa shape index (κ1) is 14.8. The summed E-state index contributed by atoms with van der Waals surface area (Å²) in [4.78, 5) is 11.9. The zero-order valence-electron chi connectivity index (χ0n) is 11.3. The third kappa shape index (κ3) is 4.21. The number of carbonyl (C=O) groups is 1. The Morgan fingerprint density at radius 1 is 1.40 bits per heavy atom. The van der Waals surface area contributed by atoms with Gasteiger partial charge in [0.25, 0.3) is 0 Å². The summed E-state index contributed by atoms with van der Waals surface area (Å²) >= 11 is 2.86. The van der Waals surface area contributed by atoms with E-state index in [1.54, 1.807) is 0 Å². The Morgan fingerprint density at radius 3 is 2.90 bits per heavy atom. The Labute approximate surface area is 125 Å². The number of anilines is 1. The van der Waals surface area contributed by atoms with Crippen molar-refractivity contribution < 1.29 is 9.53 Å². The maximum atomic E-state index is 11.9. The molecule has 106 valence electrons. The second-order valence-electron chi connectivity index (χ2n) is 3.85. The van der Waals surface area contributed by atoms with E-state index in [4.69, 9.17) is 4.74 Å². The quantitative estimate of drug-likeness (QED) is 0.831. The van der Waals surface area contributed by atoms with Crippen molar-refractivity contribution in [1.29, 1.82) is 0 Å². The molecule has 0 atom stereocenters. The van der Waals surface area contributed by atoms with Gasteiger partial charge in [-0.05, 0) is 26.0 Å². The van der Waals surface area contributed by atoms with Gasteiger partial charge in [-0.2, -0.15) is 0 Å². The largest absolute Gasteiger partial charge is 0.492 e. The summed E-state index contributed by atoms with van der Waals surface area (Å²) in [5.41, 5.74) is 0.688. The van der Waals surface area contributed by atoms with Gasteiger partial charge >= 0.3 is 0 Å². The Bertz CT molecular complexity index is 587. The van der Waals surface area contributed by atoms with Crippen LogP contribution in [0.15, 0.2) is 28.6 Å². The molecule has 0 spiro atoms. The molecule has 0 aliphatic rings. The second-order valence-corrected chi connectivity index (χ2v) is 6.26. The number of rotatable bonds is 6. The first-order valence-corrected chi connectivity index (χ1v) is 7.94. The Kier molecular flexibility index (Phi) is 5.37. The monoisotopic (exact) mass is 309 g/mol. The molecule has 0 aliphatic carbocycles. The van der Waals surface area contributed by atoms with E-state index in [0.29, 0.717) is 23.8 Å². The molecular weight excluding hydrogens is 294 g/mol. The van der Waals surface area contributed by atoms with Crippen LogP contribution in [0, 0.1) is 6.92 Å². The van der Waals surface area contributed by atoms with Crippen molar-refractivity contribution in [3.8, 4) is 5.75 Å². The van der Waals surface area contributed by atoms with Crippen LogP contribution in [0.25, 0.3) is 0 Å². The summed E-state index contributed by atoms with van der Waals surface area (Å²) < 4.78 is 6.26. The predicted octanol–water partition coefficient (Wildman–Crippen LogP) is 2.98. The number of amides is 1. The smallest absolute Gasteiger partial charge is 0.234 e. The fourth-order valence-electron chi connectivity index (χ4n) is 1.50. The average molecular weight is 309 g/mol. The molecule has 2 rings (SSSR count). The van der Waals surface area contributed by atoms with Crippen LogP contribution in [0.1, 0.15) is 11.9 Å². The number of nitrogens with zero attached hydrogens (tertiary/aromatic N) is 2. The molecule has 2 aromatic rings. The van der Waals surface area contributed by atoms with Crippen LogP contribution >= 0.6 is 23.1 Å². The van der Waals surface area contributed by atoms with Crippen molar-refractivity contribution in [3.05, 3.63) is 29.3 Å². The molecule has 0 fully saturated rings. The van der Waals surface area contributed by atoms with Gasteiger partial charge in [-0.1, -0.05) is 35.2 Å². The highest BCUT2D eigenvalue weighted by atomic mass is 32.2. The van der Waals surface area contributed by atoms with Crippen LogP contribution in [0.5, 0.6) is 5.75 Å². The fourth-order valence-corrected chi connectivity index (χ4v) is 3.12. The number of ether oxygens (including phenoxy) is 1. The second kappa shape index (κ2) is 7.25. The number of thioether (sulfide) groups is 1. The van der Waals surface area contributed by atoms with Gasteiger partial charge in [-0.15, -0.1) is 10.2 Å². The Morgan fingerprint density at radius 2 is 2.20 bits per heavy atom. The van der Waals surface area contributed by atoms with Gasteiger partial charge in [-0.3, -0.25) is 4.79 Å². The number of benzene rings is 1. The van der Waals surface area contributed by atoms with Gasteiger partial charge < -0.3 is 10.1 Å². The van der Waals surface area contributed by atoms with E-state index in [1.807, 2.05) is 38.1 Å². The minimum Gasteiger partial charge on any atom is -0.492 e. The van der Waals surface area contributed by atoms with Gasteiger partial charge in [0.1, 0.15) is 10.8 Å². The molecule has 1 amide bonds. The molecule has 7 heteroatoms. The number of aromatic nitrogens is 2. The third-order valence-corrected chi connectivity index (χ3v) is 4.27. The lowest BCUT2D eigenvalue weighted by Gasteiger charge is -2.10. The summed E-state index contributed by atoms with van der Waals surface area (Å²) in [6.07, 6.45) is 0. The fraction of sp³-hybridized carbons (Fsp3) is 0.308. The summed E-state index contributed by atoms with van der Waals surface area (Å²) in [7, 11) is 0. The lowest BCUT2D eigenvalue weighted by molar-refractivity contribution is -0.113. The van der Waals surface area contributed by atoms with E-state index < -0.39 is 0 Å². The van der Waals surface area contributed by atoms with Crippen molar-refractivity contribution in [1.82, 2.24) is 10.2 Å². The van der Waals surface area contributed by atoms with Crippen LogP contribution in [0.2, 0.25) is 0 Å². The standard InChI is InChI=1S/C13H15N3O2S2/c1-3-18-11-7-5-4-6-10(11)14-12(17)8-19-13-16-15-9(2)20-13/h4-7H,3,8H2,1-2H3,(H,14,17). The Hall–Kier alpha value is -1.60. The summed E-state index contributed by atoms with van der Waals surface area (Å²) in [6, 6.07) is 7.39. The van der Waals surface area contributed by atoms with Gasteiger partial charge in [0.2, 0.25) is 5.91 Å². The van der Waals surface area contributed by atoms with Gasteiger partial charge in [0, 0.05) is 0 Å². The molecule has 0 saturated carbocycles. The number of carbonyl (C=O) groups excluding carboxylic acids is 1. The minimum absolute atomic E-state index is 0.0880. The van der Waals surface area contributed by atoms with Crippen molar-refractivity contribution in [2.24, 2.45) is 0 Å². The normalized spacial score (nSPS) is 10.3. The SMILES string of the molecule is CCOc1ccccc1NC(=O)CSc1nnc(C)s1. The lowest BCUT2D eigenvalue weighted by atomic mass is 10.3. The minimum atomic E-state index is -0.0880. The van der Waals surface area contributed by atoms with Crippen LogP contribution in [0.3, 0.4) is 0 Å². The maximum absolute atomic E-state index is 11.9. The molecule has 5 nitrogen and oxygen atoms in total. The number of nitrogens with one attached hydrogen (secondary N) is 1. The number of hydrogen-bond acceptors (Lipinski definition) is 6. The highest BCUT2D eigenvalue weighted by molar-refractivity contribution is 8.01. The highest BCUT2D eigenvalue weighted by Crippen LogP contribution is 2.25. The van der Waals surface area contributed by atoms with Crippen molar-refractivity contribution in [3.63, 3.8) is 0 Å². The first-order chi connectivity index (χ1) is 9.69. The summed E-state index contributed by atoms with van der Waals surface area (Å²) in [5, 5.41) is 11.6. The third-order valence-electron chi connectivity index (χ3n) is 2.30. The average Bonchev–Trinajstić information content (AvgIpc) is 2.85. The molecule has 0 radical (unpaired) electrons. The molecule has 0 bridgehead atoms. The van der Waals surface area contributed by atoms with Crippen molar-refractivity contribution in [2.45, 2.75) is 18.2 Å². The van der Waals surface area contributed by atoms with E-state index in [2.05, 4.69) is 15.5 Å². The number of aryl methyl sites for hydroxylation is 1. The van der Waals surface area contributed by atoms with Gasteiger partial charge in [-0.25, -0.2) is 0 Å². The zero-order chi connectivity index (χ0) is 14.4. The molecule has 0 unspecified atom stereocenters. The van der Waals surface area contributed by atoms with E-state index in [9.17, 15) is 4.79 Å². The Balaban J connectivity index is 1.91. The highest BCUT2D eigenvalue weighted by Gasteiger charge is 2.09. The van der Waals surface area contributed by atoms with Gasteiger partial charge in [0.05, 0.1) is 18.0 Å². The summed E-state index contributed by atoms with van der Waals surface area (Å²) in [5.74, 6) is 0.893. The molecule has 1 N–H and O–H groups in total. The number of hydrogen-bond donors (Lipinski definition) is 1. The van der Waals surface area contributed by atoms with Crippen molar-refractivity contribution in [2.75, 3.05) is 17.7 Å². The molecule has 20 heavy (non-hydrogen) atoms. The first-order valence-electron chi connectivity index (χ1n) is 6.13. The van der Waals surface area contributed by atoms with E-state index in [1.165, 1.54) is 23.1 Å². The summed E-state index contributed by atoms with van der Waals surface area (Å²) in [6.45, 7) is 4.36. The molecular formula is C13H15N3O2S2. The number of para-hydroxylation sites is 2. The molecule has 0 saturated heterocycles.